The van der Waals surface area contributed by atoms with Crippen molar-refractivity contribution in [1.82, 2.24) is 0 Å². The van der Waals surface area contributed by atoms with Crippen LogP contribution in [0.3, 0.4) is 0 Å². The number of carbonyl (C=O) groups excluding carboxylic acids is 2. The van der Waals surface area contributed by atoms with Crippen molar-refractivity contribution in [2.75, 3.05) is 0 Å². The predicted molar refractivity (Wildman–Crippen MR) is 81.7 cm³/mol. The second-order valence-corrected chi connectivity index (χ2v) is 7.45. The van der Waals surface area contributed by atoms with Gasteiger partial charge in [0.1, 0.15) is 5.78 Å². The van der Waals surface area contributed by atoms with Crippen LogP contribution in [0.25, 0.3) is 0 Å². The Kier molecular flexibility index (Phi) is 1.65. The minimum absolute atomic E-state index is 0.0238. The SMILES string of the molecule is [2H]C1([2H])C(=O)[C@@]2(C([2H])([2H])[2H])CC[C@H]3[C@@H](CCC4=CC(=O)CC[C@@]43C)[C@@H]2C1([2H])[2H]. The number of hydrogen-bond donors (Lipinski definition) is 0. The summed E-state index contributed by atoms with van der Waals surface area (Å²) in [5.74, 6) is -2.59. The van der Waals surface area contributed by atoms with E-state index >= 15 is 0 Å². The Labute approximate surface area is 137 Å². The fourth-order valence-electron chi connectivity index (χ4n) is 5.33. The number of Topliss-reactive ketones (excluding diaryl/α,β-unsaturated/α-hetero) is 1. The summed E-state index contributed by atoms with van der Waals surface area (Å²) in [4.78, 5) is 25.0. The minimum atomic E-state index is -2.82. The van der Waals surface area contributed by atoms with Crippen LogP contribution in [0.1, 0.15) is 74.6 Å². The van der Waals surface area contributed by atoms with Gasteiger partial charge in [0.05, 0.1) is 0 Å². The maximum atomic E-state index is 13.1. The third-order valence-electron chi connectivity index (χ3n) is 6.60. The molecule has 0 spiro atoms. The van der Waals surface area contributed by atoms with Crippen LogP contribution in [0.4, 0.5) is 0 Å². The van der Waals surface area contributed by atoms with E-state index < -0.39 is 36.7 Å². The zero-order valence-electron chi connectivity index (χ0n) is 19.4. The van der Waals surface area contributed by atoms with Gasteiger partial charge in [-0.1, -0.05) is 19.3 Å². The van der Waals surface area contributed by atoms with Gasteiger partial charge in [-0.3, -0.25) is 9.59 Å². The van der Waals surface area contributed by atoms with Crippen LogP contribution in [-0.2, 0) is 9.59 Å². The Morgan fingerprint density at radius 3 is 2.86 bits per heavy atom. The van der Waals surface area contributed by atoms with Crippen LogP contribution >= 0.6 is 0 Å². The van der Waals surface area contributed by atoms with Crippen LogP contribution in [0.15, 0.2) is 11.6 Å². The van der Waals surface area contributed by atoms with Gasteiger partial charge in [0.2, 0.25) is 0 Å². The molecule has 4 aliphatic rings. The highest BCUT2D eigenvalue weighted by Gasteiger charge is 2.58. The molecule has 0 unspecified atom stereocenters. The molecule has 114 valence electrons. The topological polar surface area (TPSA) is 34.1 Å². The van der Waals surface area contributed by atoms with Gasteiger partial charge in [-0.15, -0.1) is 0 Å². The minimum Gasteiger partial charge on any atom is -0.299 e. The lowest BCUT2D eigenvalue weighted by Crippen LogP contribution is -2.50. The van der Waals surface area contributed by atoms with Gasteiger partial charge < -0.3 is 0 Å². The summed E-state index contributed by atoms with van der Waals surface area (Å²) < 4.78 is 57.8. The van der Waals surface area contributed by atoms with Crippen molar-refractivity contribution in [2.24, 2.45) is 28.6 Å². The molecule has 5 atom stereocenters. The highest BCUT2D eigenvalue weighted by molar-refractivity contribution is 5.91. The lowest BCUT2D eigenvalue weighted by atomic mass is 9.47. The monoisotopic (exact) mass is 293 g/mol. The van der Waals surface area contributed by atoms with Gasteiger partial charge in [-0.25, -0.2) is 0 Å². The first-order valence-electron chi connectivity index (χ1n) is 11.5. The second kappa shape index (κ2) is 4.30. The molecule has 2 nitrogen and oxygen atoms in total. The summed E-state index contributed by atoms with van der Waals surface area (Å²) in [5, 5.41) is 0. The fourth-order valence-corrected chi connectivity index (χ4v) is 5.33. The van der Waals surface area contributed by atoms with Crippen molar-refractivity contribution in [2.45, 2.75) is 65.0 Å². The van der Waals surface area contributed by atoms with E-state index in [4.69, 9.17) is 9.60 Å². The molecule has 0 saturated heterocycles. The van der Waals surface area contributed by atoms with E-state index in [1.807, 2.05) is 0 Å². The molecule has 0 radical (unpaired) electrons. The highest BCUT2D eigenvalue weighted by Crippen LogP contribution is 2.64. The van der Waals surface area contributed by atoms with Gasteiger partial charge in [-0.2, -0.15) is 0 Å². The molecule has 0 aromatic rings. The first-order chi connectivity index (χ1) is 12.7. The molecule has 21 heavy (non-hydrogen) atoms. The molecule has 3 fully saturated rings. The van der Waals surface area contributed by atoms with E-state index in [2.05, 4.69) is 6.92 Å². The van der Waals surface area contributed by atoms with Crippen molar-refractivity contribution in [3.8, 4) is 0 Å². The number of hydrogen-bond acceptors (Lipinski definition) is 2. The zero-order chi connectivity index (χ0) is 20.9. The van der Waals surface area contributed by atoms with Crippen molar-refractivity contribution < 1.29 is 19.2 Å². The molecule has 0 amide bonds. The maximum Gasteiger partial charge on any atom is 0.155 e. The Morgan fingerprint density at radius 2 is 2.05 bits per heavy atom. The third-order valence-corrected chi connectivity index (χ3v) is 6.60. The number of rotatable bonds is 0. The summed E-state index contributed by atoms with van der Waals surface area (Å²) >= 11 is 0. The quantitative estimate of drug-likeness (QED) is 0.674. The molecule has 4 aliphatic carbocycles. The average molecular weight is 293 g/mol. The Balaban J connectivity index is 1.87. The van der Waals surface area contributed by atoms with Gasteiger partial charge >= 0.3 is 0 Å². The molecule has 3 saturated carbocycles. The Morgan fingerprint density at radius 1 is 1.19 bits per heavy atom. The van der Waals surface area contributed by atoms with E-state index in [-0.39, 0.29) is 29.5 Å². The van der Waals surface area contributed by atoms with Gasteiger partial charge in [0.25, 0.3) is 0 Å². The summed E-state index contributed by atoms with van der Waals surface area (Å²) in [5.41, 5.74) is -1.23. The zero-order valence-corrected chi connectivity index (χ0v) is 12.4. The van der Waals surface area contributed by atoms with E-state index in [9.17, 15) is 9.59 Å². The first kappa shape index (κ1) is 8.08. The third kappa shape index (κ3) is 1.71. The molecule has 0 bridgehead atoms. The molecular weight excluding hydrogens is 260 g/mol. The van der Waals surface area contributed by atoms with Crippen molar-refractivity contribution >= 4 is 11.6 Å². The molecule has 0 aliphatic heterocycles. The van der Waals surface area contributed by atoms with Gasteiger partial charge in [0.15, 0.2) is 5.78 Å². The molecule has 0 aromatic carbocycles. The number of allylic oxidation sites excluding steroid dienone is 1. The fraction of sp³-hybridized carbons (Fsp3) is 0.789. The number of ketones is 2. The molecule has 4 rings (SSSR count). The maximum absolute atomic E-state index is 13.1. The predicted octanol–water partition coefficient (Wildman–Crippen LogP) is 4.09. The second-order valence-electron chi connectivity index (χ2n) is 7.45. The summed E-state index contributed by atoms with van der Waals surface area (Å²) in [7, 11) is 0. The molecule has 0 N–H and O–H groups in total. The van der Waals surface area contributed by atoms with E-state index in [1.54, 1.807) is 6.08 Å². The first-order valence-corrected chi connectivity index (χ1v) is 8.00. The number of carbonyl (C=O) groups is 2. The molecule has 0 aromatic heterocycles. The number of fused-ring (bicyclic) bond motifs is 5. The molecule has 0 heterocycles. The van der Waals surface area contributed by atoms with Crippen LogP contribution in [-0.4, -0.2) is 11.6 Å². The lowest BCUT2D eigenvalue weighted by molar-refractivity contribution is -0.132. The summed E-state index contributed by atoms with van der Waals surface area (Å²) in [6.07, 6.45) is -1.09. The normalized spacial score (nSPS) is 59.6. The van der Waals surface area contributed by atoms with E-state index in [0.717, 1.165) is 5.57 Å². The van der Waals surface area contributed by atoms with Crippen LogP contribution in [0.2, 0.25) is 0 Å². The smallest absolute Gasteiger partial charge is 0.155 e. The van der Waals surface area contributed by atoms with Gasteiger partial charge in [-0.05, 0) is 67.7 Å². The molecular formula is C19H26O2. The van der Waals surface area contributed by atoms with Crippen molar-refractivity contribution in [3.05, 3.63) is 11.6 Å². The Bertz CT molecular complexity index is 784. The Hall–Kier alpha value is -0.920. The lowest BCUT2D eigenvalue weighted by Gasteiger charge is -2.56. The highest BCUT2D eigenvalue weighted by atomic mass is 16.1. The average Bonchev–Trinajstić information content (AvgIpc) is 2.71. The van der Waals surface area contributed by atoms with E-state index in [0.29, 0.717) is 32.1 Å². The van der Waals surface area contributed by atoms with Crippen LogP contribution < -0.4 is 0 Å². The molecule has 2 heteroatoms. The van der Waals surface area contributed by atoms with Crippen LogP contribution in [0.5, 0.6) is 0 Å². The standard InChI is InChI=1S/C19H26O2/c1-18-9-7-13(20)11-12(18)3-4-14-15-5-6-17(21)19(15,2)10-8-16(14)18/h11,14-16H,3-10H2,1-2H3/t14-,15-,16-,18-,19-/m0/s1/i2D3,5D2,6D2. The van der Waals surface area contributed by atoms with Gasteiger partial charge in [0, 0.05) is 27.8 Å². The van der Waals surface area contributed by atoms with Crippen molar-refractivity contribution in [3.63, 3.8) is 0 Å². The summed E-state index contributed by atoms with van der Waals surface area (Å²) in [6.45, 7) is -0.679. The van der Waals surface area contributed by atoms with E-state index in [1.165, 1.54) is 0 Å². The largest absolute Gasteiger partial charge is 0.299 e. The van der Waals surface area contributed by atoms with Crippen molar-refractivity contribution in [1.29, 1.82) is 0 Å². The summed E-state index contributed by atoms with van der Waals surface area (Å²) in [6, 6.07) is 0. The van der Waals surface area contributed by atoms with Crippen LogP contribution in [0, 0.1) is 28.6 Å².